The summed E-state index contributed by atoms with van der Waals surface area (Å²) in [4.78, 5) is 17.9. The molecule has 2 saturated carbocycles. The van der Waals surface area contributed by atoms with E-state index in [1.54, 1.807) is 0 Å². The fourth-order valence-corrected chi connectivity index (χ4v) is 3.41. The number of hydrogen-bond donors (Lipinski definition) is 1. The van der Waals surface area contributed by atoms with E-state index in [1.807, 2.05) is 4.90 Å². The van der Waals surface area contributed by atoms with E-state index in [2.05, 4.69) is 4.99 Å². The number of nitrogens with two attached hydrogens (primary N) is 1. The Hall–Kier alpha value is -1.06. The molecule has 2 N–H and O–H groups in total. The first-order valence-corrected chi connectivity index (χ1v) is 7.40. The molecular weight excluding hydrogens is 226 g/mol. The molecule has 1 unspecified atom stereocenters. The molecule has 4 nitrogen and oxygen atoms in total. The van der Waals surface area contributed by atoms with Crippen LogP contribution in [0.3, 0.4) is 0 Å². The zero-order chi connectivity index (χ0) is 12.5. The van der Waals surface area contributed by atoms with Crippen LogP contribution in [0.15, 0.2) is 4.99 Å². The smallest absolute Gasteiger partial charge is 0.345 e. The van der Waals surface area contributed by atoms with E-state index < -0.39 is 0 Å². The number of urea groups is 1. The van der Waals surface area contributed by atoms with Crippen molar-refractivity contribution in [2.45, 2.75) is 57.4 Å². The van der Waals surface area contributed by atoms with Gasteiger partial charge in [-0.1, -0.05) is 25.7 Å². The minimum Gasteiger partial charge on any atom is -0.385 e. The summed E-state index contributed by atoms with van der Waals surface area (Å²) in [6.07, 6.45) is 10.2. The quantitative estimate of drug-likeness (QED) is 0.781. The van der Waals surface area contributed by atoms with Gasteiger partial charge < -0.3 is 10.6 Å². The van der Waals surface area contributed by atoms with E-state index in [4.69, 9.17) is 5.73 Å². The summed E-state index contributed by atoms with van der Waals surface area (Å²) >= 11 is 0. The third-order valence-corrected chi connectivity index (χ3v) is 4.61. The van der Waals surface area contributed by atoms with Crippen LogP contribution in [0.1, 0.15) is 51.4 Å². The Labute approximate surface area is 109 Å². The summed E-state index contributed by atoms with van der Waals surface area (Å²) in [6, 6.07) is 0.0184. The lowest BCUT2D eigenvalue weighted by Gasteiger charge is -2.30. The Morgan fingerprint density at radius 1 is 1.11 bits per heavy atom. The van der Waals surface area contributed by atoms with E-state index in [9.17, 15) is 4.79 Å². The Bertz CT molecular complexity index is 354. The summed E-state index contributed by atoms with van der Waals surface area (Å²) in [5, 5.41) is 0. The number of rotatable bonds is 3. The standard InChI is InChI=1S/C14H23N3O/c15-13-12(11-5-3-1-2-4-6-11)17(14(18)16-13)9-10-7-8-10/h10-12H,1-9H2,(H2,15,16,18). The lowest BCUT2D eigenvalue weighted by molar-refractivity contribution is 0.181. The van der Waals surface area contributed by atoms with Crippen LogP contribution in [0.5, 0.6) is 0 Å². The summed E-state index contributed by atoms with van der Waals surface area (Å²) in [7, 11) is 0. The minimum atomic E-state index is -0.0892. The van der Waals surface area contributed by atoms with Gasteiger partial charge in [-0.2, -0.15) is 4.99 Å². The van der Waals surface area contributed by atoms with Crippen molar-refractivity contribution >= 4 is 11.9 Å². The first kappa shape index (κ1) is 12.0. The topological polar surface area (TPSA) is 58.7 Å². The second-order valence-corrected chi connectivity index (χ2v) is 6.11. The number of aliphatic imine (C=N–C) groups is 1. The zero-order valence-electron chi connectivity index (χ0n) is 11.0. The number of carbonyl (C=O) groups excluding carboxylic acids is 1. The lowest BCUT2D eigenvalue weighted by Crippen LogP contribution is -2.46. The van der Waals surface area contributed by atoms with Crippen molar-refractivity contribution in [3.8, 4) is 0 Å². The van der Waals surface area contributed by atoms with Crippen LogP contribution >= 0.6 is 0 Å². The molecule has 0 saturated heterocycles. The molecule has 18 heavy (non-hydrogen) atoms. The number of amidine groups is 1. The van der Waals surface area contributed by atoms with E-state index >= 15 is 0 Å². The van der Waals surface area contributed by atoms with Crippen LogP contribution in [-0.2, 0) is 0 Å². The monoisotopic (exact) mass is 249 g/mol. The molecule has 0 bridgehead atoms. The summed E-state index contributed by atoms with van der Waals surface area (Å²) < 4.78 is 0. The van der Waals surface area contributed by atoms with Gasteiger partial charge in [0.25, 0.3) is 0 Å². The average Bonchev–Trinajstić information content (AvgIpc) is 3.11. The molecule has 0 aromatic carbocycles. The molecule has 0 aromatic rings. The van der Waals surface area contributed by atoms with Crippen molar-refractivity contribution in [2.24, 2.45) is 22.6 Å². The van der Waals surface area contributed by atoms with Crippen LogP contribution in [0, 0.1) is 11.8 Å². The first-order valence-electron chi connectivity index (χ1n) is 7.40. The van der Waals surface area contributed by atoms with Gasteiger partial charge in [-0.15, -0.1) is 0 Å². The van der Waals surface area contributed by atoms with Crippen molar-refractivity contribution in [3.05, 3.63) is 0 Å². The highest BCUT2D eigenvalue weighted by molar-refractivity contribution is 6.03. The first-order chi connectivity index (χ1) is 8.75. The van der Waals surface area contributed by atoms with Crippen LogP contribution in [-0.4, -0.2) is 29.4 Å². The molecule has 1 aliphatic heterocycles. The third kappa shape index (κ3) is 2.38. The van der Waals surface area contributed by atoms with Crippen LogP contribution in [0.2, 0.25) is 0 Å². The number of carbonyl (C=O) groups is 1. The fraction of sp³-hybridized carbons (Fsp3) is 0.857. The fourth-order valence-electron chi connectivity index (χ4n) is 3.41. The molecular formula is C14H23N3O. The molecule has 3 aliphatic rings. The van der Waals surface area contributed by atoms with Crippen LogP contribution < -0.4 is 5.73 Å². The van der Waals surface area contributed by atoms with Crippen LogP contribution in [0.4, 0.5) is 4.79 Å². The van der Waals surface area contributed by atoms with Gasteiger partial charge in [0.15, 0.2) is 0 Å². The maximum Gasteiger partial charge on any atom is 0.345 e. The Kier molecular flexibility index (Phi) is 3.27. The Morgan fingerprint density at radius 2 is 1.78 bits per heavy atom. The third-order valence-electron chi connectivity index (χ3n) is 4.61. The van der Waals surface area contributed by atoms with Crippen molar-refractivity contribution < 1.29 is 4.79 Å². The van der Waals surface area contributed by atoms with E-state index in [0.717, 1.165) is 6.54 Å². The van der Waals surface area contributed by atoms with E-state index in [0.29, 0.717) is 17.7 Å². The second kappa shape index (κ2) is 4.90. The van der Waals surface area contributed by atoms with Gasteiger partial charge in [0.2, 0.25) is 0 Å². The lowest BCUT2D eigenvalue weighted by atomic mass is 9.90. The summed E-state index contributed by atoms with van der Waals surface area (Å²) in [6.45, 7) is 0.879. The number of amides is 2. The maximum atomic E-state index is 11.9. The Morgan fingerprint density at radius 3 is 2.39 bits per heavy atom. The van der Waals surface area contributed by atoms with Crippen molar-refractivity contribution in [1.29, 1.82) is 0 Å². The average molecular weight is 249 g/mol. The van der Waals surface area contributed by atoms with Gasteiger partial charge in [0, 0.05) is 6.54 Å². The van der Waals surface area contributed by atoms with E-state index in [1.165, 1.54) is 51.4 Å². The van der Waals surface area contributed by atoms with E-state index in [-0.39, 0.29) is 12.1 Å². The molecule has 2 aliphatic carbocycles. The highest BCUT2D eigenvalue weighted by Gasteiger charge is 2.41. The van der Waals surface area contributed by atoms with Gasteiger partial charge in [-0.3, -0.25) is 0 Å². The largest absolute Gasteiger partial charge is 0.385 e. The molecule has 100 valence electrons. The SMILES string of the molecule is NC1=NC(=O)N(CC2CC2)C1C1CCCCCC1. The van der Waals surface area contributed by atoms with Crippen molar-refractivity contribution in [1.82, 2.24) is 4.90 Å². The van der Waals surface area contributed by atoms with Crippen molar-refractivity contribution in [2.75, 3.05) is 6.54 Å². The molecule has 2 fully saturated rings. The van der Waals surface area contributed by atoms with Crippen molar-refractivity contribution in [3.63, 3.8) is 0 Å². The summed E-state index contributed by atoms with van der Waals surface area (Å²) in [5.41, 5.74) is 6.03. The molecule has 0 spiro atoms. The van der Waals surface area contributed by atoms with Gasteiger partial charge in [0.1, 0.15) is 5.84 Å². The maximum absolute atomic E-state index is 11.9. The van der Waals surface area contributed by atoms with Crippen LogP contribution in [0.25, 0.3) is 0 Å². The number of hydrogen-bond acceptors (Lipinski definition) is 2. The molecule has 1 atom stereocenters. The highest BCUT2D eigenvalue weighted by Crippen LogP contribution is 2.35. The second-order valence-electron chi connectivity index (χ2n) is 6.11. The van der Waals surface area contributed by atoms with Gasteiger partial charge in [-0.25, -0.2) is 4.79 Å². The molecule has 2 amide bonds. The Balaban J connectivity index is 1.73. The van der Waals surface area contributed by atoms with Gasteiger partial charge in [0.05, 0.1) is 6.04 Å². The van der Waals surface area contributed by atoms with Gasteiger partial charge in [-0.05, 0) is 37.5 Å². The molecule has 1 heterocycles. The zero-order valence-corrected chi connectivity index (χ0v) is 11.0. The molecule has 0 radical (unpaired) electrons. The predicted octanol–water partition coefficient (Wildman–Crippen LogP) is 2.53. The molecule has 3 rings (SSSR count). The highest BCUT2D eigenvalue weighted by atomic mass is 16.2. The van der Waals surface area contributed by atoms with Gasteiger partial charge >= 0.3 is 6.03 Å². The molecule has 0 aromatic heterocycles. The molecule has 4 heteroatoms. The normalized spacial score (nSPS) is 30.4. The summed E-state index contributed by atoms with van der Waals surface area (Å²) in [5.74, 6) is 1.83. The minimum absolute atomic E-state index is 0.0892. The predicted molar refractivity (Wildman–Crippen MR) is 71.4 cm³/mol. The number of nitrogens with zero attached hydrogens (tertiary/aromatic N) is 2.